The molecule has 1 aliphatic rings. The van der Waals surface area contributed by atoms with Gasteiger partial charge in [-0.05, 0) is 44.9 Å². The number of hydrogen-bond acceptors (Lipinski definition) is 2. The van der Waals surface area contributed by atoms with Crippen molar-refractivity contribution < 1.29 is 4.79 Å². The van der Waals surface area contributed by atoms with E-state index in [-0.39, 0.29) is 11.4 Å². The molecule has 0 unspecified atom stereocenters. The van der Waals surface area contributed by atoms with Crippen molar-refractivity contribution in [3.05, 3.63) is 59.7 Å². The van der Waals surface area contributed by atoms with Crippen LogP contribution >= 0.6 is 0 Å². The Hall–Kier alpha value is -2.29. The smallest absolute Gasteiger partial charge is 0.227 e. The maximum absolute atomic E-state index is 12.8. The zero-order chi connectivity index (χ0) is 16.4. The lowest BCUT2D eigenvalue weighted by molar-refractivity contribution is -0.118. The summed E-state index contributed by atoms with van der Waals surface area (Å²) in [5, 5.41) is 3.51. The second-order valence-corrected chi connectivity index (χ2v) is 6.99. The van der Waals surface area contributed by atoms with E-state index < -0.39 is 0 Å². The number of fused-ring (bicyclic) bond motifs is 1. The molecule has 1 amide bonds. The van der Waals surface area contributed by atoms with Crippen LogP contribution in [0.3, 0.4) is 0 Å². The minimum atomic E-state index is -0.117. The summed E-state index contributed by atoms with van der Waals surface area (Å²) in [7, 11) is 0. The summed E-state index contributed by atoms with van der Waals surface area (Å²) in [4.78, 5) is 14.7. The SMILES string of the molecule is Cc1ccc(CCC(=O)N2CC(C)(C)Nc3ccccc32)cc1. The number of aryl methyl sites for hydroxylation is 2. The Morgan fingerprint density at radius 1 is 1.13 bits per heavy atom. The van der Waals surface area contributed by atoms with Crippen molar-refractivity contribution in [1.82, 2.24) is 0 Å². The summed E-state index contributed by atoms with van der Waals surface area (Å²) in [6.45, 7) is 7.03. The summed E-state index contributed by atoms with van der Waals surface area (Å²) >= 11 is 0. The molecule has 0 atom stereocenters. The van der Waals surface area contributed by atoms with E-state index in [1.807, 2.05) is 29.2 Å². The molecule has 1 heterocycles. The van der Waals surface area contributed by atoms with Crippen LogP contribution in [0.2, 0.25) is 0 Å². The quantitative estimate of drug-likeness (QED) is 0.923. The average Bonchev–Trinajstić information content (AvgIpc) is 2.52. The van der Waals surface area contributed by atoms with Gasteiger partial charge in [0, 0.05) is 18.5 Å². The van der Waals surface area contributed by atoms with E-state index >= 15 is 0 Å². The minimum absolute atomic E-state index is 0.117. The van der Waals surface area contributed by atoms with Gasteiger partial charge in [-0.3, -0.25) is 4.79 Å². The van der Waals surface area contributed by atoms with Crippen molar-refractivity contribution in [2.75, 3.05) is 16.8 Å². The van der Waals surface area contributed by atoms with Crippen molar-refractivity contribution in [1.29, 1.82) is 0 Å². The van der Waals surface area contributed by atoms with E-state index in [9.17, 15) is 4.79 Å². The number of amides is 1. The van der Waals surface area contributed by atoms with Crippen molar-refractivity contribution in [2.45, 2.75) is 39.2 Å². The lowest BCUT2D eigenvalue weighted by Crippen LogP contribution is -2.50. The van der Waals surface area contributed by atoms with Crippen LogP contribution < -0.4 is 10.2 Å². The molecule has 23 heavy (non-hydrogen) atoms. The summed E-state index contributed by atoms with van der Waals surface area (Å²) in [6.07, 6.45) is 1.32. The van der Waals surface area contributed by atoms with E-state index in [0.29, 0.717) is 13.0 Å². The summed E-state index contributed by atoms with van der Waals surface area (Å²) < 4.78 is 0. The molecule has 0 bridgehead atoms. The zero-order valence-electron chi connectivity index (χ0n) is 14.1. The van der Waals surface area contributed by atoms with Crippen molar-refractivity contribution in [3.8, 4) is 0 Å². The fourth-order valence-electron chi connectivity index (χ4n) is 3.06. The molecule has 0 spiro atoms. The predicted molar refractivity (Wildman–Crippen MR) is 96.0 cm³/mol. The van der Waals surface area contributed by atoms with Gasteiger partial charge in [0.25, 0.3) is 0 Å². The van der Waals surface area contributed by atoms with Gasteiger partial charge in [0.05, 0.1) is 11.4 Å². The molecular formula is C20H24N2O. The maximum Gasteiger partial charge on any atom is 0.227 e. The van der Waals surface area contributed by atoms with Crippen LogP contribution in [-0.2, 0) is 11.2 Å². The monoisotopic (exact) mass is 308 g/mol. The van der Waals surface area contributed by atoms with Gasteiger partial charge >= 0.3 is 0 Å². The van der Waals surface area contributed by atoms with Crippen molar-refractivity contribution in [2.24, 2.45) is 0 Å². The summed E-state index contributed by atoms with van der Waals surface area (Å²) in [5.41, 5.74) is 4.37. The number of hydrogen-bond donors (Lipinski definition) is 1. The lowest BCUT2D eigenvalue weighted by Gasteiger charge is -2.41. The van der Waals surface area contributed by atoms with Crippen LogP contribution in [0, 0.1) is 6.92 Å². The Labute approximate surface area is 138 Å². The van der Waals surface area contributed by atoms with Gasteiger partial charge in [0.1, 0.15) is 0 Å². The Bertz CT molecular complexity index is 704. The van der Waals surface area contributed by atoms with Gasteiger partial charge in [0.15, 0.2) is 0 Å². The normalized spacial score (nSPS) is 15.7. The molecule has 2 aromatic carbocycles. The highest BCUT2D eigenvalue weighted by Crippen LogP contribution is 2.34. The molecule has 0 aromatic heterocycles. The largest absolute Gasteiger partial charge is 0.377 e. The molecule has 0 radical (unpaired) electrons. The zero-order valence-corrected chi connectivity index (χ0v) is 14.1. The van der Waals surface area contributed by atoms with E-state index in [1.165, 1.54) is 11.1 Å². The molecule has 120 valence electrons. The molecule has 0 saturated heterocycles. The van der Waals surface area contributed by atoms with Crippen LogP contribution in [0.5, 0.6) is 0 Å². The predicted octanol–water partition coefficient (Wildman–Crippen LogP) is 4.16. The highest BCUT2D eigenvalue weighted by atomic mass is 16.2. The molecule has 2 aromatic rings. The van der Waals surface area contributed by atoms with Crippen molar-refractivity contribution in [3.63, 3.8) is 0 Å². The van der Waals surface area contributed by atoms with E-state index in [4.69, 9.17) is 0 Å². The van der Waals surface area contributed by atoms with Crippen molar-refractivity contribution >= 4 is 17.3 Å². The standard InChI is InChI=1S/C20H24N2O/c1-15-8-10-16(11-9-15)12-13-19(23)22-14-20(2,3)21-17-6-4-5-7-18(17)22/h4-11,21H,12-14H2,1-3H3. The summed E-state index contributed by atoms with van der Waals surface area (Å²) in [6, 6.07) is 16.5. The highest BCUT2D eigenvalue weighted by molar-refractivity contribution is 5.98. The first-order valence-corrected chi connectivity index (χ1v) is 8.18. The maximum atomic E-state index is 12.8. The summed E-state index contributed by atoms with van der Waals surface area (Å²) in [5.74, 6) is 0.188. The van der Waals surface area contributed by atoms with Crippen LogP contribution in [0.4, 0.5) is 11.4 Å². The number of rotatable bonds is 3. The second-order valence-electron chi connectivity index (χ2n) is 6.99. The van der Waals surface area contributed by atoms with Crippen LogP contribution in [0.25, 0.3) is 0 Å². The third kappa shape index (κ3) is 3.55. The van der Waals surface area contributed by atoms with E-state index in [2.05, 4.69) is 50.4 Å². The van der Waals surface area contributed by atoms with Gasteiger partial charge in [-0.15, -0.1) is 0 Å². The van der Waals surface area contributed by atoms with Gasteiger partial charge in [-0.25, -0.2) is 0 Å². The third-order valence-electron chi connectivity index (χ3n) is 4.27. The first kappa shape index (κ1) is 15.6. The Morgan fingerprint density at radius 3 is 2.57 bits per heavy atom. The number of carbonyl (C=O) groups is 1. The first-order chi connectivity index (χ1) is 10.9. The fourth-order valence-corrected chi connectivity index (χ4v) is 3.06. The number of carbonyl (C=O) groups excluding carboxylic acids is 1. The third-order valence-corrected chi connectivity index (χ3v) is 4.27. The lowest BCUT2D eigenvalue weighted by atomic mass is 9.98. The second kappa shape index (κ2) is 6.07. The topological polar surface area (TPSA) is 32.3 Å². The molecule has 0 aliphatic carbocycles. The number of benzene rings is 2. The van der Waals surface area contributed by atoms with E-state index in [1.54, 1.807) is 0 Å². The molecule has 3 nitrogen and oxygen atoms in total. The van der Waals surface area contributed by atoms with Crippen LogP contribution in [-0.4, -0.2) is 18.0 Å². The molecule has 0 saturated carbocycles. The molecule has 3 heteroatoms. The van der Waals surface area contributed by atoms with Crippen LogP contribution in [0.1, 0.15) is 31.4 Å². The number of para-hydroxylation sites is 2. The Balaban J connectivity index is 1.75. The van der Waals surface area contributed by atoms with Crippen LogP contribution in [0.15, 0.2) is 48.5 Å². The van der Waals surface area contributed by atoms with Gasteiger partial charge in [0.2, 0.25) is 5.91 Å². The molecule has 1 aliphatic heterocycles. The van der Waals surface area contributed by atoms with E-state index in [0.717, 1.165) is 17.8 Å². The molecule has 0 fully saturated rings. The minimum Gasteiger partial charge on any atom is -0.377 e. The molecule has 1 N–H and O–H groups in total. The first-order valence-electron chi connectivity index (χ1n) is 8.18. The average molecular weight is 308 g/mol. The number of nitrogens with one attached hydrogen (secondary N) is 1. The number of nitrogens with zero attached hydrogens (tertiary/aromatic N) is 1. The fraction of sp³-hybridized carbons (Fsp3) is 0.350. The number of anilines is 2. The molecular weight excluding hydrogens is 284 g/mol. The molecule has 3 rings (SSSR count). The Morgan fingerprint density at radius 2 is 1.83 bits per heavy atom. The Kier molecular flexibility index (Phi) is 4.12. The van der Waals surface area contributed by atoms with Gasteiger partial charge in [-0.1, -0.05) is 42.0 Å². The van der Waals surface area contributed by atoms with Gasteiger partial charge in [-0.2, -0.15) is 0 Å². The van der Waals surface area contributed by atoms with Gasteiger partial charge < -0.3 is 10.2 Å². The highest BCUT2D eigenvalue weighted by Gasteiger charge is 2.32.